The molecule has 18 heavy (non-hydrogen) atoms. The average molecular weight is 274 g/mol. The topological polar surface area (TPSA) is 69.6 Å². The molecule has 3 saturated heterocycles. The Morgan fingerprint density at radius 3 is 2.11 bits per heavy atom. The molecule has 3 heterocycles. The molecule has 3 aliphatic rings. The van der Waals surface area contributed by atoms with Gasteiger partial charge in [0.25, 0.3) is 0 Å². The minimum absolute atomic E-state index is 0.0543. The molecule has 3 fully saturated rings. The number of hydrogen-bond acceptors (Lipinski definition) is 4. The van der Waals surface area contributed by atoms with E-state index in [0.29, 0.717) is 12.8 Å². The van der Waals surface area contributed by atoms with Crippen molar-refractivity contribution in [3.63, 3.8) is 0 Å². The molecule has 0 aromatic heterocycles. The van der Waals surface area contributed by atoms with E-state index in [1.165, 1.54) is 0 Å². The number of aliphatic hydroxyl groups is 1. The third-order valence-corrected chi connectivity index (χ3v) is 7.14. The van der Waals surface area contributed by atoms with E-state index in [2.05, 4.69) is 5.32 Å². The van der Waals surface area contributed by atoms with Crippen molar-refractivity contribution in [3.8, 4) is 0 Å². The predicted molar refractivity (Wildman–Crippen MR) is 68.7 cm³/mol. The van der Waals surface area contributed by atoms with Crippen LogP contribution in [0.3, 0.4) is 0 Å². The Morgan fingerprint density at radius 2 is 1.56 bits per heavy atom. The lowest BCUT2D eigenvalue weighted by atomic mass is 10.0. The Balaban J connectivity index is 1.81. The molecule has 6 heteroatoms. The molecule has 2 unspecified atom stereocenters. The van der Waals surface area contributed by atoms with Gasteiger partial charge in [0.1, 0.15) is 0 Å². The van der Waals surface area contributed by atoms with Gasteiger partial charge in [-0.2, -0.15) is 4.31 Å². The molecular formula is C12H22N2O3S. The molecule has 0 spiro atoms. The molecule has 0 amide bonds. The fourth-order valence-corrected chi connectivity index (χ4v) is 6.18. The van der Waals surface area contributed by atoms with Gasteiger partial charge < -0.3 is 10.4 Å². The van der Waals surface area contributed by atoms with E-state index in [4.69, 9.17) is 0 Å². The van der Waals surface area contributed by atoms with Crippen LogP contribution in [0.2, 0.25) is 0 Å². The molecule has 104 valence electrons. The number of rotatable bonds is 2. The molecule has 0 aromatic rings. The third kappa shape index (κ3) is 2.09. The number of piperidine rings is 2. The molecule has 2 N–H and O–H groups in total. The standard InChI is InChI=1S/C12H22N2O3S/c15-11-7-9-1-2-10(8-11)14(9)18(16,17)12-3-5-13-6-4-12/h9-13,15H,1-8H2. The molecule has 3 rings (SSSR count). The summed E-state index contributed by atoms with van der Waals surface area (Å²) in [5.41, 5.74) is 0. The van der Waals surface area contributed by atoms with Crippen LogP contribution in [0, 0.1) is 0 Å². The number of sulfonamides is 1. The summed E-state index contributed by atoms with van der Waals surface area (Å²) in [5.74, 6) is 0. The highest BCUT2D eigenvalue weighted by Gasteiger charge is 2.48. The van der Waals surface area contributed by atoms with Gasteiger partial charge in [-0.3, -0.25) is 0 Å². The maximum atomic E-state index is 12.7. The summed E-state index contributed by atoms with van der Waals surface area (Å²) in [6.45, 7) is 1.60. The van der Waals surface area contributed by atoms with Gasteiger partial charge in [-0.25, -0.2) is 8.42 Å². The third-order valence-electron chi connectivity index (χ3n) is 4.64. The summed E-state index contributed by atoms with van der Waals surface area (Å²) in [6, 6.07) is 0.109. The minimum atomic E-state index is -3.16. The van der Waals surface area contributed by atoms with Crippen molar-refractivity contribution in [2.75, 3.05) is 13.1 Å². The number of fused-ring (bicyclic) bond motifs is 2. The first kappa shape index (κ1) is 12.8. The van der Waals surface area contributed by atoms with Gasteiger partial charge in [-0.15, -0.1) is 0 Å². The van der Waals surface area contributed by atoms with Gasteiger partial charge in [-0.05, 0) is 51.6 Å². The quantitative estimate of drug-likeness (QED) is 0.747. The summed E-state index contributed by atoms with van der Waals surface area (Å²) in [7, 11) is -3.16. The highest BCUT2D eigenvalue weighted by Crippen LogP contribution is 2.39. The average Bonchev–Trinajstić information content (AvgIpc) is 2.64. The number of aliphatic hydroxyl groups excluding tert-OH is 1. The lowest BCUT2D eigenvalue weighted by Crippen LogP contribution is -2.52. The Hall–Kier alpha value is -0.170. The highest BCUT2D eigenvalue weighted by atomic mass is 32.2. The second-order valence-corrected chi connectivity index (χ2v) is 7.95. The maximum absolute atomic E-state index is 12.7. The molecular weight excluding hydrogens is 252 g/mol. The van der Waals surface area contributed by atoms with Gasteiger partial charge >= 0.3 is 0 Å². The van der Waals surface area contributed by atoms with Crippen molar-refractivity contribution in [3.05, 3.63) is 0 Å². The van der Waals surface area contributed by atoms with Crippen LogP contribution in [0.25, 0.3) is 0 Å². The first-order chi connectivity index (χ1) is 8.59. The van der Waals surface area contributed by atoms with E-state index in [0.717, 1.165) is 38.8 Å². The van der Waals surface area contributed by atoms with Crippen molar-refractivity contribution in [1.82, 2.24) is 9.62 Å². The van der Waals surface area contributed by atoms with Crippen molar-refractivity contribution in [1.29, 1.82) is 0 Å². The van der Waals surface area contributed by atoms with Crippen LogP contribution in [0.1, 0.15) is 38.5 Å². The molecule has 0 radical (unpaired) electrons. The zero-order chi connectivity index (χ0) is 12.8. The fourth-order valence-electron chi connectivity index (χ4n) is 3.79. The van der Waals surface area contributed by atoms with E-state index in [9.17, 15) is 13.5 Å². The summed E-state index contributed by atoms with van der Waals surface area (Å²) in [4.78, 5) is 0. The van der Waals surface area contributed by atoms with Crippen LogP contribution in [-0.2, 0) is 10.0 Å². The zero-order valence-corrected chi connectivity index (χ0v) is 11.4. The van der Waals surface area contributed by atoms with E-state index >= 15 is 0 Å². The van der Waals surface area contributed by atoms with E-state index < -0.39 is 10.0 Å². The van der Waals surface area contributed by atoms with Crippen LogP contribution in [-0.4, -0.2) is 54.4 Å². The van der Waals surface area contributed by atoms with Crippen molar-refractivity contribution >= 4 is 10.0 Å². The summed E-state index contributed by atoms with van der Waals surface area (Å²) in [5, 5.41) is 12.8. The Labute approximate surface area is 109 Å². The van der Waals surface area contributed by atoms with Crippen LogP contribution < -0.4 is 5.32 Å². The van der Waals surface area contributed by atoms with Gasteiger partial charge in [0.05, 0.1) is 11.4 Å². The first-order valence-corrected chi connectivity index (χ1v) is 8.50. The number of hydrogen-bond donors (Lipinski definition) is 2. The second-order valence-electron chi connectivity index (χ2n) is 5.83. The van der Waals surface area contributed by atoms with Crippen molar-refractivity contribution < 1.29 is 13.5 Å². The Bertz CT molecular complexity index is 392. The minimum Gasteiger partial charge on any atom is -0.393 e. The smallest absolute Gasteiger partial charge is 0.217 e. The van der Waals surface area contributed by atoms with Gasteiger partial charge in [0, 0.05) is 12.1 Å². The first-order valence-electron chi connectivity index (χ1n) is 7.00. The highest BCUT2D eigenvalue weighted by molar-refractivity contribution is 7.89. The lowest BCUT2D eigenvalue weighted by molar-refractivity contribution is 0.0762. The second kappa shape index (κ2) is 4.74. The molecule has 3 aliphatic heterocycles. The van der Waals surface area contributed by atoms with Crippen LogP contribution in [0.4, 0.5) is 0 Å². The molecule has 5 nitrogen and oxygen atoms in total. The van der Waals surface area contributed by atoms with Crippen molar-refractivity contribution in [2.24, 2.45) is 0 Å². The zero-order valence-electron chi connectivity index (χ0n) is 10.6. The van der Waals surface area contributed by atoms with E-state index in [1.54, 1.807) is 4.31 Å². The SMILES string of the molecule is O=S(=O)(C1CCNCC1)N1C2CCC1CC(O)C2. The summed E-state index contributed by atoms with van der Waals surface area (Å²) < 4.78 is 27.2. The molecule has 0 saturated carbocycles. The Kier molecular flexibility index (Phi) is 3.38. The van der Waals surface area contributed by atoms with E-state index in [-0.39, 0.29) is 23.4 Å². The number of nitrogens with one attached hydrogen (secondary N) is 1. The van der Waals surface area contributed by atoms with Crippen molar-refractivity contribution in [2.45, 2.75) is 62.0 Å². The number of nitrogens with zero attached hydrogens (tertiary/aromatic N) is 1. The van der Waals surface area contributed by atoms with Gasteiger partial charge in [0.2, 0.25) is 10.0 Å². The molecule has 2 atom stereocenters. The predicted octanol–water partition coefficient (Wildman–Crippen LogP) is 0.0559. The molecule has 2 bridgehead atoms. The van der Waals surface area contributed by atoms with Crippen LogP contribution in [0.15, 0.2) is 0 Å². The fraction of sp³-hybridized carbons (Fsp3) is 1.00. The largest absolute Gasteiger partial charge is 0.393 e. The normalized spacial score (nSPS) is 39.1. The molecule has 0 aromatic carbocycles. The molecule has 0 aliphatic carbocycles. The van der Waals surface area contributed by atoms with Crippen LogP contribution >= 0.6 is 0 Å². The summed E-state index contributed by atoms with van der Waals surface area (Å²) in [6.07, 6.45) is 4.24. The van der Waals surface area contributed by atoms with Crippen LogP contribution in [0.5, 0.6) is 0 Å². The van der Waals surface area contributed by atoms with Gasteiger partial charge in [-0.1, -0.05) is 0 Å². The lowest BCUT2D eigenvalue weighted by Gasteiger charge is -2.39. The monoisotopic (exact) mass is 274 g/mol. The summed E-state index contributed by atoms with van der Waals surface area (Å²) >= 11 is 0. The Morgan fingerprint density at radius 1 is 1.00 bits per heavy atom. The van der Waals surface area contributed by atoms with Gasteiger partial charge in [0.15, 0.2) is 0 Å². The maximum Gasteiger partial charge on any atom is 0.217 e. The van der Waals surface area contributed by atoms with E-state index in [1.807, 2.05) is 0 Å².